The summed E-state index contributed by atoms with van der Waals surface area (Å²) in [5, 5.41) is 7.58. The number of hydrogen-bond donors (Lipinski definition) is 3. The van der Waals surface area contributed by atoms with Crippen LogP contribution in [-0.2, 0) is 33.7 Å². The van der Waals surface area contributed by atoms with E-state index in [9.17, 15) is 9.59 Å². The highest BCUT2D eigenvalue weighted by Gasteiger charge is 2.38. The number of hydrogen-bond acceptors (Lipinski definition) is 5. The fourth-order valence-corrected chi connectivity index (χ4v) is 4.92. The Kier molecular flexibility index (Phi) is 7.00. The smallest absolute Gasteiger partial charge is 0.407 e. The third kappa shape index (κ3) is 5.11. The number of rotatable bonds is 7. The minimum absolute atomic E-state index is 0.172. The number of aromatic nitrogens is 1. The van der Waals surface area contributed by atoms with Crippen LogP contribution in [0.4, 0.5) is 4.79 Å². The van der Waals surface area contributed by atoms with Crippen molar-refractivity contribution in [2.24, 2.45) is 0 Å². The van der Waals surface area contributed by atoms with Gasteiger partial charge in [0.15, 0.2) is 0 Å². The van der Waals surface area contributed by atoms with Gasteiger partial charge >= 0.3 is 12.1 Å². The molecule has 36 heavy (non-hydrogen) atoms. The van der Waals surface area contributed by atoms with Crippen molar-refractivity contribution < 1.29 is 19.1 Å². The molecule has 7 nitrogen and oxygen atoms in total. The summed E-state index contributed by atoms with van der Waals surface area (Å²) in [7, 11) is 1.39. The summed E-state index contributed by atoms with van der Waals surface area (Å²) < 4.78 is 10.6. The van der Waals surface area contributed by atoms with Crippen LogP contribution in [0.2, 0.25) is 0 Å². The number of methoxy groups -OCH3 is 1. The predicted octanol–water partition coefficient (Wildman–Crippen LogP) is 4.43. The first-order chi connectivity index (χ1) is 17.6. The molecule has 5 rings (SSSR count). The lowest BCUT2D eigenvalue weighted by Gasteiger charge is -2.35. The van der Waals surface area contributed by atoms with Crippen molar-refractivity contribution in [2.45, 2.75) is 37.6 Å². The lowest BCUT2D eigenvalue weighted by Crippen LogP contribution is -2.53. The Hall–Kier alpha value is -4.10. The zero-order chi connectivity index (χ0) is 24.9. The van der Waals surface area contributed by atoms with Crippen molar-refractivity contribution in [2.75, 3.05) is 7.11 Å². The molecule has 0 fully saturated rings. The van der Waals surface area contributed by atoms with Crippen LogP contribution in [0.5, 0.6) is 0 Å². The van der Waals surface area contributed by atoms with E-state index in [4.69, 9.17) is 9.47 Å². The SMILES string of the molecule is COC(=O)[C@@H]1Cc2c([nH]c3ccccc23)[C@H]([C@H](Cc2ccccc2)NC(=O)OCc2ccccc2)N1. The molecule has 1 aliphatic rings. The molecule has 4 aromatic rings. The number of ether oxygens (including phenoxy) is 2. The van der Waals surface area contributed by atoms with Gasteiger partial charge in [0, 0.05) is 23.0 Å². The van der Waals surface area contributed by atoms with Crippen molar-refractivity contribution in [3.8, 4) is 0 Å². The van der Waals surface area contributed by atoms with Gasteiger partial charge in [-0.3, -0.25) is 10.1 Å². The number of amides is 1. The Bertz CT molecular complexity index is 1340. The molecule has 0 radical (unpaired) electrons. The standard InChI is InChI=1S/C29H29N3O4/c1-35-28(33)25-17-22-21-14-8-9-15-23(21)30-26(22)27(31-25)24(16-19-10-4-2-5-11-19)32-29(34)36-18-20-12-6-3-7-13-20/h2-15,24-25,27,30-31H,16-18H2,1H3,(H,32,34)/t24-,25-,27-/m0/s1. The van der Waals surface area contributed by atoms with Gasteiger partial charge in [-0.1, -0.05) is 78.9 Å². The van der Waals surface area contributed by atoms with E-state index >= 15 is 0 Å². The number of H-pyrrole nitrogens is 1. The highest BCUT2D eigenvalue weighted by molar-refractivity contribution is 5.87. The summed E-state index contributed by atoms with van der Waals surface area (Å²) in [6.07, 6.45) is 0.528. The van der Waals surface area contributed by atoms with E-state index in [1.165, 1.54) is 7.11 Å². The van der Waals surface area contributed by atoms with Gasteiger partial charge in [0.1, 0.15) is 12.6 Å². The number of nitrogens with one attached hydrogen (secondary N) is 3. The maximum Gasteiger partial charge on any atom is 0.407 e. The third-order valence-corrected chi connectivity index (χ3v) is 6.65. The van der Waals surface area contributed by atoms with Gasteiger partial charge in [0.25, 0.3) is 0 Å². The number of carbonyl (C=O) groups is 2. The zero-order valence-electron chi connectivity index (χ0n) is 20.1. The maximum atomic E-state index is 13.0. The highest BCUT2D eigenvalue weighted by Crippen LogP contribution is 2.34. The van der Waals surface area contributed by atoms with Gasteiger partial charge in [-0.05, 0) is 29.2 Å². The van der Waals surface area contributed by atoms with Gasteiger partial charge in [0.2, 0.25) is 0 Å². The Labute approximate surface area is 209 Å². The molecule has 0 saturated heterocycles. The normalized spacial score (nSPS) is 17.7. The number of para-hydroxylation sites is 1. The number of fused-ring (bicyclic) bond motifs is 3. The summed E-state index contributed by atoms with van der Waals surface area (Å²) in [5.74, 6) is -0.332. The van der Waals surface area contributed by atoms with Crippen molar-refractivity contribution in [1.82, 2.24) is 15.6 Å². The molecular weight excluding hydrogens is 454 g/mol. The number of aromatic amines is 1. The van der Waals surface area contributed by atoms with Crippen LogP contribution in [0.1, 0.15) is 28.4 Å². The summed E-state index contributed by atoms with van der Waals surface area (Å²) in [6.45, 7) is 0.172. The first-order valence-electron chi connectivity index (χ1n) is 12.1. The molecule has 0 bridgehead atoms. The fourth-order valence-electron chi connectivity index (χ4n) is 4.92. The number of esters is 1. The van der Waals surface area contributed by atoms with Crippen molar-refractivity contribution >= 4 is 23.0 Å². The minimum atomic E-state index is -0.535. The van der Waals surface area contributed by atoms with Crippen molar-refractivity contribution in [1.29, 1.82) is 0 Å². The first kappa shape index (κ1) is 23.6. The average molecular weight is 484 g/mol. The maximum absolute atomic E-state index is 13.0. The second-order valence-electron chi connectivity index (χ2n) is 8.99. The summed E-state index contributed by atoms with van der Waals surface area (Å²) in [6, 6.07) is 26.3. The Balaban J connectivity index is 1.47. The molecule has 3 N–H and O–H groups in total. The minimum Gasteiger partial charge on any atom is -0.468 e. The van der Waals surface area contributed by atoms with E-state index in [0.29, 0.717) is 12.8 Å². The van der Waals surface area contributed by atoms with E-state index < -0.39 is 18.2 Å². The summed E-state index contributed by atoms with van der Waals surface area (Å²) in [4.78, 5) is 29.1. The van der Waals surface area contributed by atoms with Crippen LogP contribution in [-0.4, -0.2) is 36.2 Å². The second-order valence-corrected chi connectivity index (χ2v) is 8.99. The molecule has 3 aromatic carbocycles. The van der Waals surface area contributed by atoms with E-state index in [1.54, 1.807) is 0 Å². The molecule has 3 atom stereocenters. The Morgan fingerprint density at radius 3 is 2.33 bits per heavy atom. The predicted molar refractivity (Wildman–Crippen MR) is 137 cm³/mol. The van der Waals surface area contributed by atoms with Crippen LogP contribution >= 0.6 is 0 Å². The number of carbonyl (C=O) groups excluding carboxylic acids is 2. The van der Waals surface area contributed by atoms with Gasteiger partial charge < -0.3 is 19.8 Å². The molecule has 0 saturated carbocycles. The first-order valence-corrected chi connectivity index (χ1v) is 12.1. The number of benzene rings is 3. The Morgan fingerprint density at radius 2 is 1.61 bits per heavy atom. The molecule has 1 amide bonds. The fraction of sp³-hybridized carbons (Fsp3) is 0.241. The van der Waals surface area contributed by atoms with Crippen molar-refractivity contribution in [3.63, 3.8) is 0 Å². The van der Waals surface area contributed by atoms with Crippen LogP contribution in [0.15, 0.2) is 84.9 Å². The molecule has 184 valence electrons. The molecular formula is C29H29N3O4. The molecule has 1 aromatic heterocycles. The molecule has 0 aliphatic carbocycles. The number of alkyl carbamates (subject to hydrolysis) is 1. The molecule has 1 aliphatic heterocycles. The van der Waals surface area contributed by atoms with E-state index in [0.717, 1.165) is 33.3 Å². The van der Waals surface area contributed by atoms with Crippen LogP contribution < -0.4 is 10.6 Å². The summed E-state index contributed by atoms with van der Waals surface area (Å²) >= 11 is 0. The summed E-state index contributed by atoms with van der Waals surface area (Å²) in [5.41, 5.74) is 4.98. The van der Waals surface area contributed by atoms with E-state index in [-0.39, 0.29) is 18.6 Å². The quantitative estimate of drug-likeness (QED) is 0.338. The largest absolute Gasteiger partial charge is 0.468 e. The lowest BCUT2D eigenvalue weighted by atomic mass is 9.88. The molecule has 0 unspecified atom stereocenters. The monoisotopic (exact) mass is 483 g/mol. The molecule has 0 spiro atoms. The third-order valence-electron chi connectivity index (χ3n) is 6.65. The topological polar surface area (TPSA) is 92.5 Å². The van der Waals surface area contributed by atoms with Gasteiger partial charge in [-0.15, -0.1) is 0 Å². The van der Waals surface area contributed by atoms with Gasteiger partial charge in [0.05, 0.1) is 19.2 Å². The second kappa shape index (κ2) is 10.7. The molecule has 2 heterocycles. The van der Waals surface area contributed by atoms with Gasteiger partial charge in [-0.25, -0.2) is 4.79 Å². The van der Waals surface area contributed by atoms with E-state index in [1.807, 2.05) is 78.9 Å². The van der Waals surface area contributed by atoms with E-state index in [2.05, 4.69) is 21.7 Å². The molecule has 7 heteroatoms. The van der Waals surface area contributed by atoms with Crippen molar-refractivity contribution in [3.05, 3.63) is 107 Å². The highest BCUT2D eigenvalue weighted by atomic mass is 16.5. The average Bonchev–Trinajstić information content (AvgIpc) is 3.30. The lowest BCUT2D eigenvalue weighted by molar-refractivity contribution is -0.143. The zero-order valence-corrected chi connectivity index (χ0v) is 20.1. The Morgan fingerprint density at radius 1 is 0.944 bits per heavy atom. The van der Waals surface area contributed by atoms with Crippen LogP contribution in [0.25, 0.3) is 10.9 Å². The van der Waals surface area contributed by atoms with Crippen LogP contribution in [0, 0.1) is 0 Å². The van der Waals surface area contributed by atoms with Gasteiger partial charge in [-0.2, -0.15) is 0 Å². The van der Waals surface area contributed by atoms with Crippen LogP contribution in [0.3, 0.4) is 0 Å².